The van der Waals surface area contributed by atoms with Crippen LogP contribution >= 0.6 is 12.4 Å². The Morgan fingerprint density at radius 1 is 1.28 bits per heavy atom. The number of halogens is 1. The monoisotopic (exact) mass is 414 g/mol. The number of piperazine rings is 1. The fourth-order valence-electron chi connectivity index (χ4n) is 3.65. The zero-order valence-corrected chi connectivity index (χ0v) is 17.1. The molecule has 3 heterocycles. The maximum absolute atomic E-state index is 13.3. The lowest BCUT2D eigenvalue weighted by molar-refractivity contribution is 0.0629. The van der Waals surface area contributed by atoms with Gasteiger partial charge in [-0.3, -0.25) is 14.0 Å². The number of methoxy groups -OCH3 is 1. The highest BCUT2D eigenvalue weighted by molar-refractivity contribution is 5.94. The maximum Gasteiger partial charge on any atom is 0.270 e. The van der Waals surface area contributed by atoms with Crippen LogP contribution < -0.4 is 15.6 Å². The van der Waals surface area contributed by atoms with Crippen molar-refractivity contribution >= 4 is 24.0 Å². The van der Waals surface area contributed by atoms with Crippen LogP contribution in [0.25, 0.3) is 5.65 Å². The fraction of sp³-hybridized carbons (Fsp3) is 0.286. The molecule has 7 nitrogen and oxygen atoms in total. The number of nitrogens with one attached hydrogen (secondary N) is 1. The Morgan fingerprint density at radius 2 is 2.07 bits per heavy atom. The molecule has 1 saturated heterocycles. The normalized spacial score (nSPS) is 16.3. The minimum absolute atomic E-state index is 0. The molecule has 2 aromatic heterocycles. The number of rotatable bonds is 3. The molecule has 8 heteroatoms. The number of benzene rings is 1. The standard InChI is InChI=1S/C21H22N4O3.ClH/c1-14-7-9-25-19(11-14)23-12-16(21(25)27)20(26)24-10-8-22-13-17(24)15-5-3-4-6-18(15)28-2;/h3-7,9,11-12,17,22H,8,10,13H2,1-2H3;1H. The smallest absolute Gasteiger partial charge is 0.270 e. The van der Waals surface area contributed by atoms with E-state index in [0.717, 1.165) is 16.9 Å². The summed E-state index contributed by atoms with van der Waals surface area (Å²) in [4.78, 5) is 32.3. The molecule has 152 valence electrons. The number of fused-ring (bicyclic) bond motifs is 1. The van der Waals surface area contributed by atoms with E-state index in [1.807, 2.05) is 43.3 Å². The first-order chi connectivity index (χ1) is 13.6. The van der Waals surface area contributed by atoms with Crippen molar-refractivity contribution in [2.45, 2.75) is 13.0 Å². The lowest BCUT2D eigenvalue weighted by Crippen LogP contribution is -2.49. The van der Waals surface area contributed by atoms with Crippen LogP contribution in [-0.4, -0.2) is 46.9 Å². The van der Waals surface area contributed by atoms with E-state index in [-0.39, 0.29) is 35.5 Å². The summed E-state index contributed by atoms with van der Waals surface area (Å²) in [6, 6.07) is 11.1. The van der Waals surface area contributed by atoms with E-state index < -0.39 is 0 Å². The summed E-state index contributed by atoms with van der Waals surface area (Å²) in [5, 5.41) is 3.32. The van der Waals surface area contributed by atoms with Gasteiger partial charge in [0.2, 0.25) is 0 Å². The highest BCUT2D eigenvalue weighted by atomic mass is 35.5. The van der Waals surface area contributed by atoms with E-state index in [1.54, 1.807) is 18.2 Å². The van der Waals surface area contributed by atoms with Crippen molar-refractivity contribution in [2.75, 3.05) is 26.7 Å². The SMILES string of the molecule is COc1ccccc1C1CNCCN1C(=O)c1cnc2cc(C)ccn2c1=O.Cl. The van der Waals surface area contributed by atoms with Crippen LogP contribution in [0.1, 0.15) is 27.5 Å². The first-order valence-corrected chi connectivity index (χ1v) is 9.23. The van der Waals surface area contributed by atoms with Crippen molar-refractivity contribution in [2.24, 2.45) is 0 Å². The summed E-state index contributed by atoms with van der Waals surface area (Å²) >= 11 is 0. The Hall–Kier alpha value is -2.90. The second kappa shape index (κ2) is 8.63. The zero-order chi connectivity index (χ0) is 19.7. The Morgan fingerprint density at radius 3 is 2.86 bits per heavy atom. The number of aryl methyl sites for hydroxylation is 1. The van der Waals surface area contributed by atoms with E-state index in [4.69, 9.17) is 4.74 Å². The molecule has 0 bridgehead atoms. The molecule has 3 aromatic rings. The number of pyridine rings is 1. The van der Waals surface area contributed by atoms with Gasteiger partial charge in [0.25, 0.3) is 11.5 Å². The molecule has 1 aromatic carbocycles. The lowest BCUT2D eigenvalue weighted by Gasteiger charge is -2.37. The molecular formula is C21H23ClN4O3. The second-order valence-corrected chi connectivity index (χ2v) is 6.87. The van der Waals surface area contributed by atoms with Gasteiger partial charge in [0, 0.05) is 37.6 Å². The Kier molecular flexibility index (Phi) is 6.20. The van der Waals surface area contributed by atoms with E-state index in [2.05, 4.69) is 10.3 Å². The minimum Gasteiger partial charge on any atom is -0.496 e. The van der Waals surface area contributed by atoms with Gasteiger partial charge in [-0.25, -0.2) is 4.98 Å². The summed E-state index contributed by atoms with van der Waals surface area (Å²) in [5.74, 6) is 0.405. The minimum atomic E-state index is -0.354. The van der Waals surface area contributed by atoms with Gasteiger partial charge in [-0.1, -0.05) is 18.2 Å². The van der Waals surface area contributed by atoms with Gasteiger partial charge in [0.15, 0.2) is 0 Å². The Labute approximate surface area is 174 Å². The molecule has 0 saturated carbocycles. The van der Waals surface area contributed by atoms with Crippen molar-refractivity contribution < 1.29 is 9.53 Å². The number of carbonyl (C=O) groups excluding carboxylic acids is 1. The quantitative estimate of drug-likeness (QED) is 0.711. The number of aromatic nitrogens is 2. The number of hydrogen-bond donors (Lipinski definition) is 1. The van der Waals surface area contributed by atoms with Gasteiger partial charge in [-0.2, -0.15) is 0 Å². The van der Waals surface area contributed by atoms with Gasteiger partial charge < -0.3 is 15.0 Å². The summed E-state index contributed by atoms with van der Waals surface area (Å²) in [6.45, 7) is 3.69. The summed E-state index contributed by atoms with van der Waals surface area (Å²) in [7, 11) is 1.61. The topological polar surface area (TPSA) is 75.9 Å². The predicted octanol–water partition coefficient (Wildman–Crippen LogP) is 2.22. The molecule has 1 fully saturated rings. The third kappa shape index (κ3) is 3.83. The van der Waals surface area contributed by atoms with Crippen molar-refractivity contribution in [1.82, 2.24) is 19.6 Å². The largest absolute Gasteiger partial charge is 0.496 e. The van der Waals surface area contributed by atoms with E-state index in [9.17, 15) is 9.59 Å². The molecule has 1 unspecified atom stereocenters. The Bertz CT molecular complexity index is 1100. The van der Waals surface area contributed by atoms with Gasteiger partial charge in [-0.05, 0) is 30.7 Å². The molecule has 1 aliphatic rings. The predicted molar refractivity (Wildman–Crippen MR) is 113 cm³/mol. The highest BCUT2D eigenvalue weighted by Crippen LogP contribution is 2.30. The molecular weight excluding hydrogens is 392 g/mol. The second-order valence-electron chi connectivity index (χ2n) is 6.87. The number of nitrogens with zero attached hydrogens (tertiary/aromatic N) is 3. The van der Waals surface area contributed by atoms with Crippen LogP contribution in [0.3, 0.4) is 0 Å². The van der Waals surface area contributed by atoms with Gasteiger partial charge in [0.05, 0.1) is 13.2 Å². The van der Waals surface area contributed by atoms with Gasteiger partial charge in [0.1, 0.15) is 17.0 Å². The first kappa shape index (κ1) is 20.8. The zero-order valence-electron chi connectivity index (χ0n) is 16.3. The molecule has 1 aliphatic heterocycles. The maximum atomic E-state index is 13.3. The van der Waals surface area contributed by atoms with Crippen molar-refractivity contribution in [3.05, 3.63) is 75.8 Å². The molecule has 1 N–H and O–H groups in total. The Balaban J connectivity index is 0.00000240. The number of amides is 1. The lowest BCUT2D eigenvalue weighted by atomic mass is 10.0. The van der Waals surface area contributed by atoms with Crippen LogP contribution in [0.2, 0.25) is 0 Å². The van der Waals surface area contributed by atoms with E-state index in [0.29, 0.717) is 25.3 Å². The molecule has 0 spiro atoms. The summed E-state index contributed by atoms with van der Waals surface area (Å²) in [5.41, 5.74) is 2.16. The number of carbonyl (C=O) groups is 1. The van der Waals surface area contributed by atoms with Crippen LogP contribution in [0.5, 0.6) is 5.75 Å². The van der Waals surface area contributed by atoms with Crippen LogP contribution in [0, 0.1) is 6.92 Å². The van der Waals surface area contributed by atoms with E-state index in [1.165, 1.54) is 10.6 Å². The van der Waals surface area contributed by atoms with Crippen molar-refractivity contribution in [3.8, 4) is 5.75 Å². The molecule has 0 aliphatic carbocycles. The highest BCUT2D eigenvalue weighted by Gasteiger charge is 2.32. The number of para-hydroxylation sites is 1. The van der Waals surface area contributed by atoms with E-state index >= 15 is 0 Å². The van der Waals surface area contributed by atoms with Gasteiger partial charge >= 0.3 is 0 Å². The van der Waals surface area contributed by atoms with Crippen LogP contribution in [0.4, 0.5) is 0 Å². The number of ether oxygens (including phenoxy) is 1. The number of hydrogen-bond acceptors (Lipinski definition) is 5. The average molecular weight is 415 g/mol. The molecule has 1 atom stereocenters. The average Bonchev–Trinajstić information content (AvgIpc) is 2.73. The molecule has 29 heavy (non-hydrogen) atoms. The first-order valence-electron chi connectivity index (χ1n) is 9.23. The summed E-state index contributed by atoms with van der Waals surface area (Å²) in [6.07, 6.45) is 3.05. The van der Waals surface area contributed by atoms with Crippen LogP contribution in [0.15, 0.2) is 53.6 Å². The fourth-order valence-corrected chi connectivity index (χ4v) is 3.65. The van der Waals surface area contributed by atoms with Crippen molar-refractivity contribution in [1.29, 1.82) is 0 Å². The van der Waals surface area contributed by atoms with Gasteiger partial charge in [-0.15, -0.1) is 12.4 Å². The molecule has 1 amide bonds. The van der Waals surface area contributed by atoms with Crippen molar-refractivity contribution in [3.63, 3.8) is 0 Å². The molecule has 0 radical (unpaired) electrons. The third-order valence-corrected chi connectivity index (χ3v) is 5.10. The van der Waals surface area contributed by atoms with Crippen LogP contribution in [-0.2, 0) is 0 Å². The molecule has 4 rings (SSSR count). The summed E-state index contributed by atoms with van der Waals surface area (Å²) < 4.78 is 6.90. The third-order valence-electron chi connectivity index (χ3n) is 5.10.